The van der Waals surface area contributed by atoms with E-state index in [1.165, 1.54) is 12.1 Å². The van der Waals surface area contributed by atoms with Gasteiger partial charge in [0, 0.05) is 6.07 Å². The number of hydrogen-bond donors (Lipinski definition) is 0. The molecule has 1 atom stereocenters. The van der Waals surface area contributed by atoms with Crippen molar-refractivity contribution in [3.05, 3.63) is 70.5 Å². The molecule has 112 valence electrons. The minimum atomic E-state index is -0.601. The summed E-state index contributed by atoms with van der Waals surface area (Å²) < 4.78 is 41.1. The summed E-state index contributed by atoms with van der Waals surface area (Å²) in [6.45, 7) is 5.69. The third kappa shape index (κ3) is 3.46. The normalized spacial score (nSPS) is 12.7. The highest BCUT2D eigenvalue weighted by molar-refractivity contribution is 5.31. The van der Waals surface area contributed by atoms with Crippen molar-refractivity contribution in [1.82, 2.24) is 0 Å². The van der Waals surface area contributed by atoms with Crippen molar-refractivity contribution in [1.29, 1.82) is 0 Å². The van der Waals surface area contributed by atoms with Gasteiger partial charge in [-0.1, -0.05) is 45.0 Å². The minimum Gasteiger partial charge on any atom is -0.207 e. The van der Waals surface area contributed by atoms with Crippen molar-refractivity contribution in [3.8, 4) is 0 Å². The largest absolute Gasteiger partial charge is 0.207 e. The maximum absolute atomic E-state index is 14.4. The van der Waals surface area contributed by atoms with Crippen molar-refractivity contribution in [2.45, 2.75) is 39.0 Å². The molecule has 0 aromatic heterocycles. The van der Waals surface area contributed by atoms with E-state index in [1.807, 2.05) is 26.8 Å². The lowest BCUT2D eigenvalue weighted by Crippen LogP contribution is -2.05. The molecule has 0 saturated carbocycles. The first-order valence-electron chi connectivity index (χ1n) is 7.12. The van der Waals surface area contributed by atoms with E-state index in [-0.39, 0.29) is 17.7 Å². The van der Waals surface area contributed by atoms with Crippen LogP contribution in [0.1, 0.15) is 49.3 Å². The smallest absolute Gasteiger partial charge is 0.129 e. The van der Waals surface area contributed by atoms with Crippen LogP contribution in [-0.2, 0) is 6.42 Å². The predicted octanol–water partition coefficient (Wildman–Crippen LogP) is 5.57. The lowest BCUT2D eigenvalue weighted by Gasteiger charge is -2.16. The van der Waals surface area contributed by atoms with Crippen molar-refractivity contribution >= 4 is 0 Å². The van der Waals surface area contributed by atoms with E-state index in [9.17, 15) is 13.2 Å². The third-order valence-corrected chi connectivity index (χ3v) is 3.75. The molecule has 0 aliphatic carbocycles. The highest BCUT2D eigenvalue weighted by Gasteiger charge is 2.16. The lowest BCUT2D eigenvalue weighted by atomic mass is 9.90. The lowest BCUT2D eigenvalue weighted by molar-refractivity contribution is 0.547. The molecular weight excluding hydrogens is 273 g/mol. The topological polar surface area (TPSA) is 0 Å². The average Bonchev–Trinajstić information content (AvgIpc) is 2.40. The van der Waals surface area contributed by atoms with Gasteiger partial charge in [-0.05, 0) is 41.0 Å². The Balaban J connectivity index is 2.27. The quantitative estimate of drug-likeness (QED) is 0.690. The maximum atomic E-state index is 14.4. The molecule has 0 N–H and O–H groups in total. The monoisotopic (exact) mass is 292 g/mol. The fourth-order valence-corrected chi connectivity index (χ4v) is 2.54. The van der Waals surface area contributed by atoms with Crippen molar-refractivity contribution in [3.63, 3.8) is 0 Å². The fourth-order valence-electron chi connectivity index (χ4n) is 2.54. The Kier molecular flexibility index (Phi) is 4.71. The summed E-state index contributed by atoms with van der Waals surface area (Å²) in [7, 11) is 0. The van der Waals surface area contributed by atoms with Crippen LogP contribution in [0.2, 0.25) is 0 Å². The maximum Gasteiger partial charge on any atom is 0.129 e. The van der Waals surface area contributed by atoms with Gasteiger partial charge in [0.2, 0.25) is 0 Å². The number of rotatable bonds is 4. The van der Waals surface area contributed by atoms with E-state index in [0.717, 1.165) is 6.07 Å². The molecule has 1 unspecified atom stereocenters. The first-order chi connectivity index (χ1) is 9.90. The summed E-state index contributed by atoms with van der Waals surface area (Å²) in [4.78, 5) is 0. The molecule has 0 bridgehead atoms. The zero-order valence-corrected chi connectivity index (χ0v) is 12.5. The summed E-state index contributed by atoms with van der Waals surface area (Å²) in [5.41, 5.74) is 1.64. The molecule has 2 aromatic carbocycles. The van der Waals surface area contributed by atoms with Crippen LogP contribution < -0.4 is 0 Å². The number of benzene rings is 2. The molecule has 2 aromatic rings. The first-order valence-corrected chi connectivity index (χ1v) is 7.12. The summed E-state index contributed by atoms with van der Waals surface area (Å²) in [5.74, 6) is -1.52. The molecule has 0 spiro atoms. The minimum absolute atomic E-state index is 0.0998. The van der Waals surface area contributed by atoms with Gasteiger partial charge in [0.05, 0.1) is 0 Å². The highest BCUT2D eigenvalue weighted by atomic mass is 19.1. The fraction of sp³-hybridized carbons (Fsp3) is 0.333. The van der Waals surface area contributed by atoms with Gasteiger partial charge in [0.15, 0.2) is 0 Å². The zero-order chi connectivity index (χ0) is 15.6. The van der Waals surface area contributed by atoms with Crippen LogP contribution in [0.15, 0.2) is 36.4 Å². The van der Waals surface area contributed by atoms with E-state index in [4.69, 9.17) is 0 Å². The van der Waals surface area contributed by atoms with Gasteiger partial charge in [-0.2, -0.15) is 0 Å². The summed E-state index contributed by atoms with van der Waals surface area (Å²) in [6, 6.07) is 8.84. The van der Waals surface area contributed by atoms with Crippen LogP contribution in [-0.4, -0.2) is 0 Å². The molecule has 3 heteroatoms. The second kappa shape index (κ2) is 6.33. The summed E-state index contributed by atoms with van der Waals surface area (Å²) >= 11 is 0. The van der Waals surface area contributed by atoms with Gasteiger partial charge < -0.3 is 0 Å². The Labute approximate surface area is 123 Å². The Morgan fingerprint density at radius 1 is 0.905 bits per heavy atom. The molecule has 0 saturated heterocycles. The van der Waals surface area contributed by atoms with Crippen molar-refractivity contribution in [2.75, 3.05) is 0 Å². The van der Waals surface area contributed by atoms with Crippen LogP contribution in [0, 0.1) is 17.5 Å². The second-order valence-corrected chi connectivity index (χ2v) is 5.75. The molecule has 0 fully saturated rings. The third-order valence-electron chi connectivity index (χ3n) is 3.75. The average molecular weight is 292 g/mol. The molecule has 0 aliphatic rings. The molecule has 0 heterocycles. The van der Waals surface area contributed by atoms with E-state index in [2.05, 4.69) is 0 Å². The van der Waals surface area contributed by atoms with Gasteiger partial charge in [-0.3, -0.25) is 0 Å². The number of hydrogen-bond acceptors (Lipinski definition) is 0. The predicted molar refractivity (Wildman–Crippen MR) is 79.0 cm³/mol. The van der Waals surface area contributed by atoms with Gasteiger partial charge in [-0.25, -0.2) is 13.2 Å². The van der Waals surface area contributed by atoms with Crippen LogP contribution in [0.4, 0.5) is 13.2 Å². The van der Waals surface area contributed by atoms with Gasteiger partial charge in [-0.15, -0.1) is 0 Å². The molecule has 2 rings (SSSR count). The highest BCUT2D eigenvalue weighted by Crippen LogP contribution is 2.27. The Bertz CT molecular complexity index is 632. The van der Waals surface area contributed by atoms with E-state index >= 15 is 0 Å². The van der Waals surface area contributed by atoms with Gasteiger partial charge in [0.25, 0.3) is 0 Å². The second-order valence-electron chi connectivity index (χ2n) is 5.75. The van der Waals surface area contributed by atoms with E-state index in [0.29, 0.717) is 23.1 Å². The summed E-state index contributed by atoms with van der Waals surface area (Å²) in [5, 5.41) is 0. The number of halogens is 3. The van der Waals surface area contributed by atoms with Crippen molar-refractivity contribution in [2.24, 2.45) is 0 Å². The van der Waals surface area contributed by atoms with Crippen LogP contribution in [0.5, 0.6) is 0 Å². The molecule has 0 amide bonds. The molecule has 21 heavy (non-hydrogen) atoms. The molecule has 0 nitrogen and oxygen atoms in total. The molecular formula is C18H19F3. The van der Waals surface area contributed by atoms with Crippen LogP contribution in [0.3, 0.4) is 0 Å². The van der Waals surface area contributed by atoms with Crippen molar-refractivity contribution < 1.29 is 13.2 Å². The summed E-state index contributed by atoms with van der Waals surface area (Å²) in [6.07, 6.45) is 0.384. The van der Waals surface area contributed by atoms with Gasteiger partial charge >= 0.3 is 0 Å². The first kappa shape index (κ1) is 15.6. The van der Waals surface area contributed by atoms with Gasteiger partial charge in [0.1, 0.15) is 17.5 Å². The Morgan fingerprint density at radius 3 is 2.24 bits per heavy atom. The Hall–Kier alpha value is -1.77. The van der Waals surface area contributed by atoms with Crippen LogP contribution in [0.25, 0.3) is 0 Å². The SMILES string of the molecule is CC(C)c1cccc(CC(C)c2ccc(F)cc2F)c1F. The van der Waals surface area contributed by atoms with Crippen LogP contribution >= 0.6 is 0 Å². The zero-order valence-electron chi connectivity index (χ0n) is 12.5. The van der Waals surface area contributed by atoms with E-state index < -0.39 is 11.6 Å². The standard InChI is InChI=1S/C18H19F3/c1-11(2)15-6-4-5-13(18(15)21)9-12(3)16-8-7-14(19)10-17(16)20/h4-8,10-12H,9H2,1-3H3. The molecule has 0 radical (unpaired) electrons. The Morgan fingerprint density at radius 2 is 1.62 bits per heavy atom. The molecule has 0 aliphatic heterocycles. The van der Waals surface area contributed by atoms with E-state index in [1.54, 1.807) is 12.1 Å².